The maximum atomic E-state index is 15.5. The quantitative estimate of drug-likeness (QED) is 0.154. The van der Waals surface area contributed by atoms with Crippen molar-refractivity contribution in [2.24, 2.45) is 0 Å². The van der Waals surface area contributed by atoms with E-state index in [9.17, 15) is 14.3 Å². The van der Waals surface area contributed by atoms with Crippen molar-refractivity contribution in [3.8, 4) is 17.1 Å². The fourth-order valence-corrected chi connectivity index (χ4v) is 5.31. The van der Waals surface area contributed by atoms with Gasteiger partial charge in [0.05, 0.1) is 28.9 Å². The number of hydrogen-bond donors (Lipinski definition) is 1. The molecule has 0 aliphatic carbocycles. The maximum Gasteiger partial charge on any atom is 0.335 e. The Morgan fingerprint density at radius 1 is 0.872 bits per heavy atom. The van der Waals surface area contributed by atoms with E-state index in [0.717, 1.165) is 11.1 Å². The second-order valence-electron chi connectivity index (χ2n) is 11.0. The van der Waals surface area contributed by atoms with E-state index in [1.54, 1.807) is 68.0 Å². The second-order valence-corrected chi connectivity index (χ2v) is 11.0. The van der Waals surface area contributed by atoms with Crippen LogP contribution in [0.5, 0.6) is 5.88 Å². The van der Waals surface area contributed by atoms with Crippen LogP contribution in [0.4, 0.5) is 8.78 Å². The third-order valence-corrected chi connectivity index (χ3v) is 7.82. The minimum Gasteiger partial charge on any atom is -0.478 e. The monoisotopic (exact) mass is 635 g/mol. The predicted octanol–water partition coefficient (Wildman–Crippen LogP) is 6.47. The van der Waals surface area contributed by atoms with E-state index >= 15 is 4.39 Å². The van der Waals surface area contributed by atoms with Gasteiger partial charge in [0.1, 0.15) is 30.4 Å². The molecule has 0 spiro atoms. The molecule has 1 N–H and O–H groups in total. The molecular weight excluding hydrogens is 604 g/mol. The summed E-state index contributed by atoms with van der Waals surface area (Å²) in [5.74, 6) is -0.962. The van der Waals surface area contributed by atoms with Crippen LogP contribution in [0, 0.1) is 11.6 Å². The number of rotatable bonds is 13. The van der Waals surface area contributed by atoms with Gasteiger partial charge in [0, 0.05) is 49.7 Å². The lowest BCUT2D eigenvalue weighted by Gasteiger charge is -2.11. The van der Waals surface area contributed by atoms with Crippen LogP contribution in [-0.2, 0) is 37.2 Å². The summed E-state index contributed by atoms with van der Waals surface area (Å²) in [5, 5.41) is 9.44. The number of imidazole rings is 1. The van der Waals surface area contributed by atoms with Gasteiger partial charge in [-0.1, -0.05) is 30.3 Å². The number of nitrogens with zero attached hydrogens (tertiary/aromatic N) is 5. The smallest absolute Gasteiger partial charge is 0.335 e. The number of halogens is 2. The Bertz CT molecular complexity index is 2030. The zero-order valence-electron chi connectivity index (χ0n) is 25.6. The molecule has 3 aromatic heterocycles. The first kappa shape index (κ1) is 31.4. The summed E-state index contributed by atoms with van der Waals surface area (Å²) in [6.45, 7) is 0.796. The van der Waals surface area contributed by atoms with E-state index in [1.165, 1.54) is 24.5 Å². The molecule has 3 heterocycles. The highest BCUT2D eigenvalue weighted by Gasteiger charge is 2.16. The van der Waals surface area contributed by atoms with Crippen molar-refractivity contribution in [3.05, 3.63) is 137 Å². The number of aromatic nitrogens is 5. The SMILES string of the molecule is COCCn1c(Cc2ccc(-c3cccc(OCc4ccc(CCc5cncnc5)cc4F)n3)cc2F)nc2ccc(C(=O)O)cc21. The van der Waals surface area contributed by atoms with Gasteiger partial charge in [-0.15, -0.1) is 0 Å². The van der Waals surface area contributed by atoms with Gasteiger partial charge < -0.3 is 19.1 Å². The van der Waals surface area contributed by atoms with E-state index in [4.69, 9.17) is 9.47 Å². The zero-order valence-corrected chi connectivity index (χ0v) is 25.6. The molecule has 11 heteroatoms. The molecule has 0 atom stereocenters. The summed E-state index contributed by atoms with van der Waals surface area (Å²) in [6.07, 6.45) is 6.53. The van der Waals surface area contributed by atoms with Crippen LogP contribution in [0.3, 0.4) is 0 Å². The molecule has 3 aromatic carbocycles. The number of hydrogen-bond acceptors (Lipinski definition) is 7. The van der Waals surface area contributed by atoms with Gasteiger partial charge in [0.2, 0.25) is 5.88 Å². The molecule has 9 nitrogen and oxygen atoms in total. The predicted molar refractivity (Wildman–Crippen MR) is 171 cm³/mol. The first-order valence-corrected chi connectivity index (χ1v) is 15.0. The Hall–Kier alpha value is -5.55. The van der Waals surface area contributed by atoms with Crippen molar-refractivity contribution in [1.82, 2.24) is 24.5 Å². The molecule has 0 bridgehead atoms. The summed E-state index contributed by atoms with van der Waals surface area (Å²) in [4.78, 5) is 28.7. The first-order valence-electron chi connectivity index (χ1n) is 15.0. The molecule has 6 rings (SSSR count). The molecule has 47 heavy (non-hydrogen) atoms. The second kappa shape index (κ2) is 14.3. The van der Waals surface area contributed by atoms with Gasteiger partial charge in [0.25, 0.3) is 0 Å². The molecule has 6 aromatic rings. The minimum atomic E-state index is -1.04. The third-order valence-electron chi connectivity index (χ3n) is 7.82. The van der Waals surface area contributed by atoms with Crippen molar-refractivity contribution in [2.75, 3.05) is 13.7 Å². The fraction of sp³-hybridized carbons (Fsp3) is 0.194. The zero-order chi connectivity index (χ0) is 32.8. The van der Waals surface area contributed by atoms with E-state index in [-0.39, 0.29) is 30.3 Å². The summed E-state index contributed by atoms with van der Waals surface area (Å²) in [5.41, 5.74) is 5.12. The normalized spacial score (nSPS) is 11.2. The van der Waals surface area contributed by atoms with Gasteiger partial charge in [0.15, 0.2) is 0 Å². The Labute approximate surface area is 269 Å². The summed E-state index contributed by atoms with van der Waals surface area (Å²) < 4.78 is 43.3. The topological polar surface area (TPSA) is 112 Å². The van der Waals surface area contributed by atoms with Gasteiger partial charge in [-0.2, -0.15) is 0 Å². The number of aryl methyl sites for hydroxylation is 2. The maximum absolute atomic E-state index is 15.5. The van der Waals surface area contributed by atoms with Crippen molar-refractivity contribution in [2.45, 2.75) is 32.4 Å². The van der Waals surface area contributed by atoms with E-state index in [2.05, 4.69) is 19.9 Å². The van der Waals surface area contributed by atoms with Crippen molar-refractivity contribution in [1.29, 1.82) is 0 Å². The number of carboxylic acid groups (broad SMARTS) is 1. The lowest BCUT2D eigenvalue weighted by atomic mass is 10.0. The molecule has 0 amide bonds. The molecule has 0 radical (unpaired) electrons. The van der Waals surface area contributed by atoms with Gasteiger partial charge in [-0.3, -0.25) is 0 Å². The summed E-state index contributed by atoms with van der Waals surface area (Å²) >= 11 is 0. The number of methoxy groups -OCH3 is 1. The van der Waals surface area contributed by atoms with E-state index < -0.39 is 11.8 Å². The third kappa shape index (κ3) is 7.47. The number of carboxylic acids is 1. The van der Waals surface area contributed by atoms with E-state index in [0.29, 0.717) is 65.2 Å². The van der Waals surface area contributed by atoms with Crippen molar-refractivity contribution in [3.63, 3.8) is 0 Å². The van der Waals surface area contributed by atoms with Gasteiger partial charge >= 0.3 is 5.97 Å². The molecule has 0 unspecified atom stereocenters. The average molecular weight is 636 g/mol. The van der Waals surface area contributed by atoms with Crippen LogP contribution in [0.1, 0.15) is 38.4 Å². The molecule has 0 aliphatic rings. The minimum absolute atomic E-state index is 0.0135. The standard InChI is InChI=1S/C36H31F2N5O4/c1-46-14-13-43-33-17-27(36(44)45)11-12-32(33)41-34(43)18-25-9-10-26(16-30(25)38)31-3-2-4-35(42-31)47-21-28-8-7-23(15-29(28)37)5-6-24-19-39-22-40-20-24/h2-4,7-12,15-17,19-20,22H,5-6,13-14,18,21H2,1H3,(H,44,45). The Morgan fingerprint density at radius 2 is 1.66 bits per heavy atom. The highest BCUT2D eigenvalue weighted by atomic mass is 19.1. The lowest BCUT2D eigenvalue weighted by molar-refractivity contribution is 0.0697. The summed E-state index contributed by atoms with van der Waals surface area (Å²) in [6, 6.07) is 19.8. The highest BCUT2D eigenvalue weighted by Crippen LogP contribution is 2.26. The lowest BCUT2D eigenvalue weighted by Crippen LogP contribution is -2.10. The average Bonchev–Trinajstić information content (AvgIpc) is 3.43. The summed E-state index contributed by atoms with van der Waals surface area (Å²) in [7, 11) is 1.58. The Balaban J connectivity index is 1.14. The molecule has 0 aliphatic heterocycles. The molecule has 0 saturated heterocycles. The van der Waals surface area contributed by atoms with E-state index in [1.807, 2.05) is 10.6 Å². The number of pyridine rings is 1. The number of benzene rings is 3. The Morgan fingerprint density at radius 3 is 2.43 bits per heavy atom. The molecule has 0 fully saturated rings. The first-order chi connectivity index (χ1) is 22.9. The van der Waals surface area contributed by atoms with Crippen molar-refractivity contribution >= 4 is 17.0 Å². The van der Waals surface area contributed by atoms with Crippen LogP contribution < -0.4 is 4.74 Å². The van der Waals surface area contributed by atoms with Gasteiger partial charge in [-0.05, 0) is 65.9 Å². The fourth-order valence-electron chi connectivity index (χ4n) is 5.31. The number of aromatic carboxylic acids is 1. The number of carbonyl (C=O) groups is 1. The number of fused-ring (bicyclic) bond motifs is 1. The van der Waals surface area contributed by atoms with Crippen LogP contribution in [0.25, 0.3) is 22.3 Å². The van der Waals surface area contributed by atoms with Crippen LogP contribution >= 0.6 is 0 Å². The molecule has 0 saturated carbocycles. The highest BCUT2D eigenvalue weighted by molar-refractivity contribution is 5.92. The largest absolute Gasteiger partial charge is 0.478 e. The van der Waals surface area contributed by atoms with Gasteiger partial charge in [-0.25, -0.2) is 33.5 Å². The van der Waals surface area contributed by atoms with Crippen molar-refractivity contribution < 1.29 is 28.2 Å². The molecule has 238 valence electrons. The number of ether oxygens (including phenoxy) is 2. The van der Waals surface area contributed by atoms with Crippen LogP contribution in [-0.4, -0.2) is 49.3 Å². The van der Waals surface area contributed by atoms with Crippen LogP contribution in [0.2, 0.25) is 0 Å². The molecular formula is C36H31F2N5O4. The van der Waals surface area contributed by atoms with Crippen LogP contribution in [0.15, 0.2) is 91.5 Å². The Kier molecular flexibility index (Phi) is 9.53.